The Morgan fingerprint density at radius 3 is 2.27 bits per heavy atom. The molecule has 0 aliphatic carbocycles. The van der Waals surface area contributed by atoms with E-state index in [0.29, 0.717) is 13.2 Å². The molecule has 0 unspecified atom stereocenters. The van der Waals surface area contributed by atoms with E-state index >= 15 is 0 Å². The minimum absolute atomic E-state index is 0.160. The van der Waals surface area contributed by atoms with Crippen LogP contribution in [0.25, 0.3) is 0 Å². The number of carbonyl (C=O) groups excluding carboxylic acids is 1. The molecule has 1 fully saturated rings. The third-order valence-electron chi connectivity index (χ3n) is 3.48. The number of nitrogens with one attached hydrogen (secondary N) is 1. The summed E-state index contributed by atoms with van der Waals surface area (Å²) in [6, 6.07) is 3.83. The van der Waals surface area contributed by atoms with Crippen LogP contribution in [0.4, 0.5) is 0 Å². The first-order chi connectivity index (χ1) is 10.3. The fourth-order valence-corrected chi connectivity index (χ4v) is 3.95. The normalized spacial score (nSPS) is 18.0. The van der Waals surface area contributed by atoms with E-state index in [1.807, 2.05) is 4.72 Å². The van der Waals surface area contributed by atoms with Crippen molar-refractivity contribution in [3.8, 4) is 0 Å². The number of halogens is 2. The Balaban J connectivity index is 2.25. The van der Waals surface area contributed by atoms with Crippen LogP contribution in [-0.2, 0) is 24.3 Å². The van der Waals surface area contributed by atoms with Gasteiger partial charge in [-0.05, 0) is 18.2 Å². The van der Waals surface area contributed by atoms with Gasteiger partial charge in [0, 0.05) is 43.2 Å². The molecule has 0 saturated carbocycles. The number of rotatable bonds is 4. The Labute approximate surface area is 138 Å². The predicted octanol–water partition coefficient (Wildman–Crippen LogP) is 1.99. The maximum atomic E-state index is 12.4. The Morgan fingerprint density at radius 1 is 1.23 bits per heavy atom. The van der Waals surface area contributed by atoms with Gasteiger partial charge in [-0.1, -0.05) is 23.2 Å². The summed E-state index contributed by atoms with van der Waals surface area (Å²) in [6.07, 6.45) is 0.558. The summed E-state index contributed by atoms with van der Waals surface area (Å²) in [5.74, 6) is -0.727. The molecule has 0 atom stereocenters. The minimum atomic E-state index is -4.09. The highest BCUT2D eigenvalue weighted by molar-refractivity contribution is 7.90. The molecule has 122 valence electrons. The zero-order valence-corrected chi connectivity index (χ0v) is 14.1. The van der Waals surface area contributed by atoms with E-state index in [2.05, 4.69) is 0 Å². The maximum absolute atomic E-state index is 12.4. The lowest BCUT2D eigenvalue weighted by atomic mass is 9.93. The third-order valence-corrected chi connectivity index (χ3v) is 5.23. The number of hydrogen-bond donors (Lipinski definition) is 1. The van der Waals surface area contributed by atoms with Crippen molar-refractivity contribution >= 4 is 39.1 Å². The SMILES string of the molecule is COC1(C(=O)NS(=O)(=O)c2cc(Cl)cc(Cl)c2)CCOCC1. The maximum Gasteiger partial charge on any atom is 0.266 e. The van der Waals surface area contributed by atoms with Crippen LogP contribution < -0.4 is 4.72 Å². The van der Waals surface area contributed by atoms with Gasteiger partial charge in [-0.15, -0.1) is 0 Å². The van der Waals surface area contributed by atoms with E-state index in [4.69, 9.17) is 32.7 Å². The molecule has 6 nitrogen and oxygen atoms in total. The first kappa shape index (κ1) is 17.5. The van der Waals surface area contributed by atoms with Crippen LogP contribution in [0.2, 0.25) is 10.0 Å². The topological polar surface area (TPSA) is 81.7 Å². The quantitative estimate of drug-likeness (QED) is 0.879. The average molecular weight is 368 g/mol. The van der Waals surface area contributed by atoms with Crippen LogP contribution >= 0.6 is 23.2 Å². The number of amides is 1. The van der Waals surface area contributed by atoms with Gasteiger partial charge >= 0.3 is 0 Å². The molecule has 1 aromatic carbocycles. The van der Waals surface area contributed by atoms with Crippen LogP contribution in [0.3, 0.4) is 0 Å². The Kier molecular flexibility index (Phi) is 5.34. The van der Waals surface area contributed by atoms with Crippen molar-refractivity contribution < 1.29 is 22.7 Å². The molecule has 1 saturated heterocycles. The van der Waals surface area contributed by atoms with E-state index in [1.54, 1.807) is 0 Å². The lowest BCUT2D eigenvalue weighted by molar-refractivity contribution is -0.153. The van der Waals surface area contributed by atoms with E-state index in [9.17, 15) is 13.2 Å². The zero-order valence-electron chi connectivity index (χ0n) is 11.8. The number of sulfonamides is 1. The first-order valence-electron chi connectivity index (χ1n) is 6.45. The van der Waals surface area contributed by atoms with Gasteiger partial charge in [0.25, 0.3) is 15.9 Å². The van der Waals surface area contributed by atoms with Crippen molar-refractivity contribution in [2.24, 2.45) is 0 Å². The highest BCUT2D eigenvalue weighted by Gasteiger charge is 2.42. The number of benzene rings is 1. The first-order valence-corrected chi connectivity index (χ1v) is 8.69. The monoisotopic (exact) mass is 367 g/mol. The molecule has 1 amide bonds. The van der Waals surface area contributed by atoms with Crippen molar-refractivity contribution in [1.29, 1.82) is 0 Å². The van der Waals surface area contributed by atoms with Crippen molar-refractivity contribution in [3.05, 3.63) is 28.2 Å². The van der Waals surface area contributed by atoms with Crippen LogP contribution in [0.15, 0.2) is 23.1 Å². The predicted molar refractivity (Wildman–Crippen MR) is 81.6 cm³/mol. The molecular weight excluding hydrogens is 353 g/mol. The van der Waals surface area contributed by atoms with E-state index in [-0.39, 0.29) is 27.8 Å². The molecule has 0 bridgehead atoms. The van der Waals surface area contributed by atoms with Crippen LogP contribution in [0.1, 0.15) is 12.8 Å². The molecule has 0 aromatic heterocycles. The smallest absolute Gasteiger partial charge is 0.266 e. The van der Waals surface area contributed by atoms with Gasteiger partial charge in [-0.3, -0.25) is 4.79 Å². The summed E-state index contributed by atoms with van der Waals surface area (Å²) in [5.41, 5.74) is -1.21. The largest absolute Gasteiger partial charge is 0.381 e. The van der Waals surface area contributed by atoms with E-state index < -0.39 is 21.5 Å². The molecule has 1 aromatic rings. The summed E-state index contributed by atoms with van der Waals surface area (Å²) in [7, 11) is -2.72. The molecule has 1 aliphatic rings. The second-order valence-corrected chi connectivity index (χ2v) is 7.41. The molecule has 1 N–H and O–H groups in total. The highest BCUT2D eigenvalue weighted by Crippen LogP contribution is 2.26. The highest BCUT2D eigenvalue weighted by atomic mass is 35.5. The van der Waals surface area contributed by atoms with Crippen LogP contribution in [0, 0.1) is 0 Å². The van der Waals surface area contributed by atoms with E-state index in [0.717, 1.165) is 0 Å². The third kappa shape index (κ3) is 3.72. The molecule has 1 aliphatic heterocycles. The van der Waals surface area contributed by atoms with Crippen LogP contribution in [0.5, 0.6) is 0 Å². The number of hydrogen-bond acceptors (Lipinski definition) is 5. The van der Waals surface area contributed by atoms with Gasteiger partial charge in [-0.2, -0.15) is 0 Å². The van der Waals surface area contributed by atoms with Gasteiger partial charge in [0.15, 0.2) is 5.60 Å². The van der Waals surface area contributed by atoms with Gasteiger partial charge in [0.1, 0.15) is 0 Å². The summed E-state index contributed by atoms with van der Waals surface area (Å²) in [6.45, 7) is 0.647. The van der Waals surface area contributed by atoms with Crippen molar-refractivity contribution in [2.45, 2.75) is 23.3 Å². The number of ether oxygens (including phenoxy) is 2. The van der Waals surface area contributed by atoms with Crippen molar-refractivity contribution in [2.75, 3.05) is 20.3 Å². The average Bonchev–Trinajstić information content (AvgIpc) is 2.46. The second kappa shape index (κ2) is 6.72. The van der Waals surface area contributed by atoms with Gasteiger partial charge in [0.05, 0.1) is 4.90 Å². The zero-order chi connectivity index (χ0) is 16.4. The minimum Gasteiger partial charge on any atom is -0.381 e. The number of methoxy groups -OCH3 is 1. The summed E-state index contributed by atoms with van der Waals surface area (Å²) < 4.78 is 37.1. The van der Waals surface area contributed by atoms with Gasteiger partial charge in [-0.25, -0.2) is 13.1 Å². The summed E-state index contributed by atoms with van der Waals surface area (Å²) in [5, 5.41) is 0.320. The Morgan fingerprint density at radius 2 is 1.77 bits per heavy atom. The molecule has 2 rings (SSSR count). The molecule has 0 radical (unpaired) electrons. The van der Waals surface area contributed by atoms with Crippen molar-refractivity contribution in [3.63, 3.8) is 0 Å². The molecular formula is C13H15Cl2NO5S. The Hall–Kier alpha value is -0.860. The fraction of sp³-hybridized carbons (Fsp3) is 0.462. The molecule has 0 spiro atoms. The van der Waals surface area contributed by atoms with E-state index in [1.165, 1.54) is 25.3 Å². The van der Waals surface area contributed by atoms with Gasteiger partial charge in [0.2, 0.25) is 0 Å². The van der Waals surface area contributed by atoms with Crippen molar-refractivity contribution in [1.82, 2.24) is 4.72 Å². The standard InChI is InChI=1S/C13H15Cl2NO5S/c1-20-13(2-4-21-5-3-13)12(17)16-22(18,19)11-7-9(14)6-10(15)8-11/h6-8H,2-5H2,1H3,(H,16,17). The van der Waals surface area contributed by atoms with Gasteiger partial charge < -0.3 is 9.47 Å². The lowest BCUT2D eigenvalue weighted by Gasteiger charge is -2.33. The van der Waals surface area contributed by atoms with Crippen LogP contribution in [-0.4, -0.2) is 40.2 Å². The molecule has 9 heteroatoms. The number of carbonyl (C=O) groups is 1. The summed E-state index contributed by atoms with van der Waals surface area (Å²) >= 11 is 11.6. The lowest BCUT2D eigenvalue weighted by Crippen LogP contribution is -2.53. The Bertz CT molecular complexity index is 651. The molecule has 22 heavy (non-hydrogen) atoms. The molecule has 1 heterocycles. The second-order valence-electron chi connectivity index (χ2n) is 4.85. The summed E-state index contributed by atoms with van der Waals surface area (Å²) in [4.78, 5) is 12.2. The fourth-order valence-electron chi connectivity index (χ4n) is 2.18.